The number of aryl methyl sites for hydroxylation is 2. The highest BCUT2D eigenvalue weighted by molar-refractivity contribution is 5.97. The minimum Gasteiger partial charge on any atom is -0.294 e. The first-order chi connectivity index (χ1) is 9.68. The van der Waals surface area contributed by atoms with Crippen molar-refractivity contribution < 1.29 is 22.4 Å². The Labute approximate surface area is 118 Å². The Morgan fingerprint density at radius 1 is 1.29 bits per heavy atom. The summed E-state index contributed by atoms with van der Waals surface area (Å²) in [6.07, 6.45) is -4.93. The van der Waals surface area contributed by atoms with Crippen LogP contribution in [-0.2, 0) is 19.6 Å². The van der Waals surface area contributed by atoms with E-state index in [9.17, 15) is 22.4 Å². The Hall–Kier alpha value is -2.18. The Balaban J connectivity index is 2.30. The van der Waals surface area contributed by atoms with Crippen LogP contribution in [0.4, 0.5) is 17.6 Å². The van der Waals surface area contributed by atoms with Gasteiger partial charge in [-0.3, -0.25) is 9.48 Å². The molecular formula is C14H12F4N2O. The van der Waals surface area contributed by atoms with E-state index in [1.807, 2.05) is 0 Å². The maximum atomic E-state index is 13.2. The monoisotopic (exact) mass is 300 g/mol. The lowest BCUT2D eigenvalue weighted by atomic mass is 10.0. The van der Waals surface area contributed by atoms with Gasteiger partial charge < -0.3 is 0 Å². The number of aromatic nitrogens is 2. The minimum atomic E-state index is -4.83. The average molecular weight is 300 g/mol. The van der Waals surface area contributed by atoms with Crippen molar-refractivity contribution in [3.05, 3.63) is 52.6 Å². The van der Waals surface area contributed by atoms with Crippen molar-refractivity contribution in [2.24, 2.45) is 7.05 Å². The summed E-state index contributed by atoms with van der Waals surface area (Å²) < 4.78 is 52.5. The highest BCUT2D eigenvalue weighted by atomic mass is 19.4. The molecule has 2 aromatic rings. The average Bonchev–Trinajstić information content (AvgIpc) is 2.66. The maximum absolute atomic E-state index is 13.2. The zero-order valence-electron chi connectivity index (χ0n) is 11.3. The van der Waals surface area contributed by atoms with Gasteiger partial charge in [0.2, 0.25) is 0 Å². The fourth-order valence-corrected chi connectivity index (χ4v) is 2.01. The Morgan fingerprint density at radius 3 is 2.48 bits per heavy atom. The minimum absolute atomic E-state index is 0.0970. The van der Waals surface area contributed by atoms with Gasteiger partial charge in [0.25, 0.3) is 0 Å². The predicted molar refractivity (Wildman–Crippen MR) is 67.4 cm³/mol. The number of carbonyl (C=O) groups excluding carboxylic acids is 1. The normalized spacial score (nSPS) is 11.7. The van der Waals surface area contributed by atoms with Crippen LogP contribution < -0.4 is 0 Å². The molecule has 0 aliphatic carbocycles. The van der Waals surface area contributed by atoms with Crippen molar-refractivity contribution >= 4 is 5.78 Å². The summed E-state index contributed by atoms with van der Waals surface area (Å²) in [6, 6.07) is 3.92. The van der Waals surface area contributed by atoms with Crippen LogP contribution in [-0.4, -0.2) is 15.6 Å². The van der Waals surface area contributed by atoms with Gasteiger partial charge in [-0.2, -0.15) is 18.3 Å². The van der Waals surface area contributed by atoms with Crippen LogP contribution in [0.3, 0.4) is 0 Å². The molecule has 0 aliphatic heterocycles. The fraction of sp³-hybridized carbons (Fsp3) is 0.286. The molecule has 0 saturated carbocycles. The molecule has 0 fully saturated rings. The van der Waals surface area contributed by atoms with Crippen LogP contribution >= 0.6 is 0 Å². The van der Waals surface area contributed by atoms with E-state index in [4.69, 9.17) is 0 Å². The molecule has 3 nitrogen and oxygen atoms in total. The highest BCUT2D eigenvalue weighted by Gasteiger charge is 2.34. The molecular weight excluding hydrogens is 288 g/mol. The first-order valence-corrected chi connectivity index (χ1v) is 6.08. The van der Waals surface area contributed by atoms with E-state index in [0.29, 0.717) is 23.5 Å². The Kier molecular flexibility index (Phi) is 3.85. The molecule has 0 radical (unpaired) electrons. The van der Waals surface area contributed by atoms with Crippen molar-refractivity contribution in [3.63, 3.8) is 0 Å². The molecule has 0 bridgehead atoms. The summed E-state index contributed by atoms with van der Waals surface area (Å²) in [5, 5.41) is 4.05. The van der Waals surface area contributed by atoms with Gasteiger partial charge in [0.15, 0.2) is 5.78 Å². The number of Topliss-reactive ketones (excluding diaryl/α,β-unsaturated/α-hetero) is 1. The van der Waals surface area contributed by atoms with Gasteiger partial charge in [-0.1, -0.05) is 0 Å². The number of rotatable bonds is 3. The molecule has 0 spiro atoms. The summed E-state index contributed by atoms with van der Waals surface area (Å²) >= 11 is 0. The largest absolute Gasteiger partial charge is 0.419 e. The molecule has 0 amide bonds. The molecule has 0 saturated heterocycles. The number of benzene rings is 1. The van der Waals surface area contributed by atoms with Crippen molar-refractivity contribution in [3.8, 4) is 0 Å². The lowest BCUT2D eigenvalue weighted by Gasteiger charge is -2.09. The number of nitrogens with zero attached hydrogens (tertiary/aromatic N) is 2. The third-order valence-corrected chi connectivity index (χ3v) is 3.03. The lowest BCUT2D eigenvalue weighted by Crippen LogP contribution is -2.12. The van der Waals surface area contributed by atoms with Crippen LogP contribution in [0.15, 0.2) is 24.3 Å². The second-order valence-corrected chi connectivity index (χ2v) is 4.69. The SMILES string of the molecule is Cc1cc(CC(=O)c2ccc(F)c(C(F)(F)F)c2)n(C)n1. The predicted octanol–water partition coefficient (Wildman–Crippen LogP) is 3.31. The number of carbonyl (C=O) groups is 1. The molecule has 2 rings (SSSR count). The zero-order chi connectivity index (χ0) is 15.8. The standard InChI is InChI=1S/C14H12F4N2O/c1-8-5-10(20(2)19-8)7-13(21)9-3-4-12(15)11(6-9)14(16,17)18/h3-6H,7H2,1-2H3. The van der Waals surface area contributed by atoms with Gasteiger partial charge in [-0.25, -0.2) is 4.39 Å². The van der Waals surface area contributed by atoms with Gasteiger partial charge >= 0.3 is 6.18 Å². The van der Waals surface area contributed by atoms with Crippen molar-refractivity contribution in [2.45, 2.75) is 19.5 Å². The van der Waals surface area contributed by atoms with Gasteiger partial charge in [-0.15, -0.1) is 0 Å². The second-order valence-electron chi connectivity index (χ2n) is 4.69. The molecule has 0 atom stereocenters. The topological polar surface area (TPSA) is 34.9 Å². The third-order valence-electron chi connectivity index (χ3n) is 3.03. The van der Waals surface area contributed by atoms with Gasteiger partial charge in [-0.05, 0) is 31.2 Å². The number of alkyl halides is 3. The van der Waals surface area contributed by atoms with E-state index >= 15 is 0 Å². The Morgan fingerprint density at radius 2 is 1.95 bits per heavy atom. The lowest BCUT2D eigenvalue weighted by molar-refractivity contribution is -0.140. The summed E-state index contributed by atoms with van der Waals surface area (Å²) in [6.45, 7) is 1.74. The van der Waals surface area contributed by atoms with Gasteiger partial charge in [0, 0.05) is 18.3 Å². The van der Waals surface area contributed by atoms with Crippen LogP contribution in [0.25, 0.3) is 0 Å². The van der Waals surface area contributed by atoms with Crippen LogP contribution in [0.5, 0.6) is 0 Å². The first kappa shape index (κ1) is 15.2. The molecule has 1 aromatic carbocycles. The summed E-state index contributed by atoms with van der Waals surface area (Å²) in [7, 11) is 1.64. The zero-order valence-corrected chi connectivity index (χ0v) is 11.3. The van der Waals surface area contributed by atoms with E-state index in [2.05, 4.69) is 5.10 Å². The quantitative estimate of drug-likeness (QED) is 0.644. The summed E-state index contributed by atoms with van der Waals surface area (Å²) in [5.74, 6) is -1.92. The fourth-order valence-electron chi connectivity index (χ4n) is 2.01. The van der Waals surface area contributed by atoms with Crippen molar-refractivity contribution in [2.75, 3.05) is 0 Å². The smallest absolute Gasteiger partial charge is 0.294 e. The van der Waals surface area contributed by atoms with Crippen LogP contribution in [0, 0.1) is 12.7 Å². The van der Waals surface area contributed by atoms with E-state index in [-0.39, 0.29) is 12.0 Å². The summed E-state index contributed by atoms with van der Waals surface area (Å²) in [4.78, 5) is 12.0. The van der Waals surface area contributed by atoms with Crippen LogP contribution in [0.1, 0.15) is 27.3 Å². The molecule has 0 N–H and O–H groups in total. The number of hydrogen-bond acceptors (Lipinski definition) is 2. The molecule has 0 unspecified atom stereocenters. The van der Waals surface area contributed by atoms with E-state index in [1.165, 1.54) is 4.68 Å². The molecule has 0 aliphatic rings. The molecule has 1 aromatic heterocycles. The highest BCUT2D eigenvalue weighted by Crippen LogP contribution is 2.32. The second kappa shape index (κ2) is 5.31. The summed E-state index contributed by atoms with van der Waals surface area (Å²) in [5.41, 5.74) is -0.331. The maximum Gasteiger partial charge on any atom is 0.419 e. The number of halogens is 4. The molecule has 112 valence electrons. The molecule has 1 heterocycles. The first-order valence-electron chi connectivity index (χ1n) is 6.08. The van der Waals surface area contributed by atoms with Crippen LogP contribution in [0.2, 0.25) is 0 Å². The van der Waals surface area contributed by atoms with Gasteiger partial charge in [0.1, 0.15) is 5.82 Å². The van der Waals surface area contributed by atoms with E-state index < -0.39 is 23.3 Å². The molecule has 21 heavy (non-hydrogen) atoms. The Bertz CT molecular complexity index is 689. The number of hydrogen-bond donors (Lipinski definition) is 0. The molecule has 7 heteroatoms. The van der Waals surface area contributed by atoms with Gasteiger partial charge in [0.05, 0.1) is 17.7 Å². The van der Waals surface area contributed by atoms with Crippen molar-refractivity contribution in [1.82, 2.24) is 9.78 Å². The van der Waals surface area contributed by atoms with E-state index in [0.717, 1.165) is 6.07 Å². The number of ketones is 1. The third kappa shape index (κ3) is 3.29. The van der Waals surface area contributed by atoms with Crippen molar-refractivity contribution in [1.29, 1.82) is 0 Å². The van der Waals surface area contributed by atoms with E-state index in [1.54, 1.807) is 20.0 Å².